The molecule has 0 atom stereocenters. The molecule has 1 aromatic carbocycles. The molecule has 0 aliphatic heterocycles. The number of carboxylic acids is 1. The second kappa shape index (κ2) is 5.33. The molecular formula is C12H9BrN2O5. The Morgan fingerprint density at radius 3 is 2.40 bits per heavy atom. The number of aromatic carboxylic acids is 1. The van der Waals surface area contributed by atoms with Gasteiger partial charge in [-0.15, -0.1) is 0 Å². The van der Waals surface area contributed by atoms with E-state index < -0.39 is 22.9 Å². The third-order valence-corrected chi connectivity index (χ3v) is 3.33. The lowest BCUT2D eigenvalue weighted by molar-refractivity contribution is 0.0688. The molecular weight excluding hydrogens is 332 g/mol. The van der Waals surface area contributed by atoms with Crippen LogP contribution in [0.25, 0.3) is 5.69 Å². The molecule has 0 saturated heterocycles. The summed E-state index contributed by atoms with van der Waals surface area (Å²) in [7, 11) is 1.49. The van der Waals surface area contributed by atoms with E-state index >= 15 is 0 Å². The van der Waals surface area contributed by atoms with Crippen molar-refractivity contribution in [2.75, 3.05) is 7.11 Å². The molecule has 0 radical (unpaired) electrons. The minimum atomic E-state index is -1.40. The summed E-state index contributed by atoms with van der Waals surface area (Å²) in [6.07, 6.45) is 0. The van der Waals surface area contributed by atoms with Gasteiger partial charge >= 0.3 is 11.7 Å². The van der Waals surface area contributed by atoms with Gasteiger partial charge in [0.1, 0.15) is 15.9 Å². The van der Waals surface area contributed by atoms with Crippen LogP contribution in [0, 0.1) is 0 Å². The van der Waals surface area contributed by atoms with E-state index in [0.717, 1.165) is 4.57 Å². The number of methoxy groups -OCH3 is 1. The number of hydrogen-bond donors (Lipinski definition) is 2. The van der Waals surface area contributed by atoms with Crippen molar-refractivity contribution in [1.82, 2.24) is 9.55 Å². The summed E-state index contributed by atoms with van der Waals surface area (Å²) in [6, 6.07) is 6.20. The lowest BCUT2D eigenvalue weighted by Gasteiger charge is -2.07. The van der Waals surface area contributed by atoms with E-state index in [1.165, 1.54) is 19.2 Å². The molecule has 0 aliphatic rings. The van der Waals surface area contributed by atoms with Gasteiger partial charge in [-0.05, 0) is 40.2 Å². The molecule has 104 valence electrons. The number of ether oxygens (including phenoxy) is 1. The van der Waals surface area contributed by atoms with Gasteiger partial charge in [0.05, 0.1) is 12.8 Å². The number of nitrogens with zero attached hydrogens (tertiary/aromatic N) is 1. The predicted molar refractivity (Wildman–Crippen MR) is 73.9 cm³/mol. The smallest absolute Gasteiger partial charge is 0.353 e. The Hall–Kier alpha value is -2.35. The summed E-state index contributed by atoms with van der Waals surface area (Å²) >= 11 is 2.88. The SMILES string of the molecule is COc1ccc(-n2c(=O)[nH]c(C(=O)O)c(Br)c2=O)cc1. The highest BCUT2D eigenvalue weighted by Gasteiger charge is 2.17. The molecule has 1 aromatic heterocycles. The second-order valence-corrected chi connectivity index (χ2v) is 4.56. The Morgan fingerprint density at radius 2 is 1.90 bits per heavy atom. The maximum Gasteiger partial charge on any atom is 0.353 e. The van der Waals surface area contributed by atoms with E-state index in [-0.39, 0.29) is 4.47 Å². The number of carboxylic acid groups (broad SMARTS) is 1. The fraction of sp³-hybridized carbons (Fsp3) is 0.0833. The molecule has 8 heteroatoms. The summed E-state index contributed by atoms with van der Waals surface area (Å²) in [5.41, 5.74) is -1.77. The monoisotopic (exact) mass is 340 g/mol. The average molecular weight is 341 g/mol. The summed E-state index contributed by atoms with van der Waals surface area (Å²) < 4.78 is 5.59. The number of carbonyl (C=O) groups is 1. The first-order valence-electron chi connectivity index (χ1n) is 5.38. The number of aromatic nitrogens is 2. The van der Waals surface area contributed by atoms with Crippen LogP contribution in [0.15, 0.2) is 38.3 Å². The molecule has 0 bridgehead atoms. The van der Waals surface area contributed by atoms with Gasteiger partial charge in [0.15, 0.2) is 0 Å². The van der Waals surface area contributed by atoms with Crippen LogP contribution < -0.4 is 16.0 Å². The summed E-state index contributed by atoms with van der Waals surface area (Å²) in [5, 5.41) is 8.88. The van der Waals surface area contributed by atoms with E-state index in [1.807, 2.05) is 0 Å². The number of benzene rings is 1. The molecule has 0 unspecified atom stereocenters. The second-order valence-electron chi connectivity index (χ2n) is 3.76. The van der Waals surface area contributed by atoms with Crippen molar-refractivity contribution in [3.05, 3.63) is 55.3 Å². The van der Waals surface area contributed by atoms with Crippen LogP contribution >= 0.6 is 15.9 Å². The molecule has 2 aromatic rings. The van der Waals surface area contributed by atoms with E-state index in [4.69, 9.17) is 9.84 Å². The highest BCUT2D eigenvalue weighted by Crippen LogP contribution is 2.14. The Balaban J connectivity index is 2.69. The Bertz CT molecular complexity index is 776. The van der Waals surface area contributed by atoms with Crippen LogP contribution in [-0.4, -0.2) is 27.7 Å². The van der Waals surface area contributed by atoms with Crippen LogP contribution in [0.2, 0.25) is 0 Å². The van der Waals surface area contributed by atoms with Gasteiger partial charge in [-0.2, -0.15) is 0 Å². The number of nitrogens with one attached hydrogen (secondary N) is 1. The lowest BCUT2D eigenvalue weighted by atomic mass is 10.3. The van der Waals surface area contributed by atoms with Gasteiger partial charge in [0, 0.05) is 0 Å². The minimum Gasteiger partial charge on any atom is -0.497 e. The number of halogens is 1. The maximum absolute atomic E-state index is 12.1. The number of hydrogen-bond acceptors (Lipinski definition) is 4. The predicted octanol–water partition coefficient (Wildman–Crippen LogP) is 0.995. The van der Waals surface area contributed by atoms with E-state index in [1.54, 1.807) is 12.1 Å². The Morgan fingerprint density at radius 1 is 1.30 bits per heavy atom. The van der Waals surface area contributed by atoms with Gasteiger partial charge in [0.25, 0.3) is 5.56 Å². The quantitative estimate of drug-likeness (QED) is 0.867. The first kappa shape index (κ1) is 14.1. The molecule has 0 aliphatic carbocycles. The van der Waals surface area contributed by atoms with E-state index in [0.29, 0.717) is 11.4 Å². The summed E-state index contributed by atoms with van der Waals surface area (Å²) in [5.74, 6) is -0.826. The van der Waals surface area contributed by atoms with Gasteiger partial charge in [-0.25, -0.2) is 14.2 Å². The molecule has 0 fully saturated rings. The van der Waals surface area contributed by atoms with E-state index in [9.17, 15) is 14.4 Å². The molecule has 0 amide bonds. The highest BCUT2D eigenvalue weighted by atomic mass is 79.9. The standard InChI is InChI=1S/C12H9BrN2O5/c1-20-7-4-2-6(3-5-7)15-10(16)8(13)9(11(17)18)14-12(15)19/h2-5H,1H3,(H,14,19)(H,17,18). The molecule has 20 heavy (non-hydrogen) atoms. The van der Waals surface area contributed by atoms with Gasteiger partial charge in [0.2, 0.25) is 0 Å². The Kier molecular flexibility index (Phi) is 3.75. The van der Waals surface area contributed by atoms with Crippen LogP contribution in [0.1, 0.15) is 10.5 Å². The van der Waals surface area contributed by atoms with Crippen molar-refractivity contribution in [2.24, 2.45) is 0 Å². The van der Waals surface area contributed by atoms with E-state index in [2.05, 4.69) is 20.9 Å². The fourth-order valence-corrected chi connectivity index (χ4v) is 2.07. The van der Waals surface area contributed by atoms with Crippen LogP contribution in [0.3, 0.4) is 0 Å². The first-order chi connectivity index (χ1) is 9.45. The zero-order chi connectivity index (χ0) is 14.9. The van der Waals surface area contributed by atoms with Gasteiger partial charge < -0.3 is 9.84 Å². The normalized spacial score (nSPS) is 10.3. The fourth-order valence-electron chi connectivity index (χ4n) is 1.63. The molecule has 2 N–H and O–H groups in total. The maximum atomic E-state index is 12.1. The minimum absolute atomic E-state index is 0.222. The van der Waals surface area contributed by atoms with Crippen molar-refractivity contribution in [2.45, 2.75) is 0 Å². The first-order valence-corrected chi connectivity index (χ1v) is 6.17. The molecule has 7 nitrogen and oxygen atoms in total. The van der Waals surface area contributed by atoms with Crippen LogP contribution in [0.4, 0.5) is 0 Å². The zero-order valence-corrected chi connectivity index (χ0v) is 11.8. The third-order valence-electron chi connectivity index (χ3n) is 2.59. The summed E-state index contributed by atoms with van der Waals surface area (Å²) in [6.45, 7) is 0. The van der Waals surface area contributed by atoms with Crippen molar-refractivity contribution in [3.8, 4) is 11.4 Å². The third kappa shape index (κ3) is 2.37. The Labute approximate surface area is 120 Å². The summed E-state index contributed by atoms with van der Waals surface area (Å²) in [4.78, 5) is 37.0. The van der Waals surface area contributed by atoms with Crippen molar-refractivity contribution in [1.29, 1.82) is 0 Å². The van der Waals surface area contributed by atoms with Crippen LogP contribution in [-0.2, 0) is 0 Å². The molecule has 1 heterocycles. The van der Waals surface area contributed by atoms with Crippen molar-refractivity contribution in [3.63, 3.8) is 0 Å². The van der Waals surface area contributed by atoms with Gasteiger partial charge in [-0.3, -0.25) is 9.78 Å². The largest absolute Gasteiger partial charge is 0.497 e. The number of rotatable bonds is 3. The van der Waals surface area contributed by atoms with Gasteiger partial charge in [-0.1, -0.05) is 0 Å². The lowest BCUT2D eigenvalue weighted by Crippen LogP contribution is -2.36. The number of H-pyrrole nitrogens is 1. The van der Waals surface area contributed by atoms with Crippen molar-refractivity contribution < 1.29 is 14.6 Å². The topological polar surface area (TPSA) is 101 Å². The average Bonchev–Trinajstić information content (AvgIpc) is 2.43. The van der Waals surface area contributed by atoms with Crippen molar-refractivity contribution >= 4 is 21.9 Å². The van der Waals surface area contributed by atoms with Crippen LogP contribution in [0.5, 0.6) is 5.75 Å². The zero-order valence-electron chi connectivity index (χ0n) is 10.2. The highest BCUT2D eigenvalue weighted by molar-refractivity contribution is 9.10. The number of aromatic amines is 1. The molecule has 2 rings (SSSR count). The molecule has 0 spiro atoms. The molecule has 0 saturated carbocycles.